The summed E-state index contributed by atoms with van der Waals surface area (Å²) in [5, 5.41) is 14.4. The van der Waals surface area contributed by atoms with Gasteiger partial charge in [0.1, 0.15) is 12.6 Å². The fourth-order valence-corrected chi connectivity index (χ4v) is 4.91. The van der Waals surface area contributed by atoms with Gasteiger partial charge in [0.15, 0.2) is 0 Å². The molecule has 3 N–H and O–H groups in total. The van der Waals surface area contributed by atoms with Gasteiger partial charge in [0, 0.05) is 12.3 Å². The van der Waals surface area contributed by atoms with Crippen LogP contribution in [0.1, 0.15) is 56.1 Å². The van der Waals surface area contributed by atoms with Crippen molar-refractivity contribution in [1.82, 2.24) is 10.6 Å². The van der Waals surface area contributed by atoms with Crippen LogP contribution in [0.3, 0.4) is 0 Å². The first kappa shape index (κ1) is 21.9. The van der Waals surface area contributed by atoms with E-state index in [1.807, 2.05) is 24.3 Å². The Balaban J connectivity index is 1.41. The van der Waals surface area contributed by atoms with E-state index in [0.29, 0.717) is 12.8 Å². The molecule has 7 heteroatoms. The number of fused-ring (bicyclic) bond motifs is 3. The Kier molecular flexibility index (Phi) is 6.17. The Hall–Kier alpha value is -3.35. The first-order valence-electron chi connectivity index (χ1n) is 11.0. The highest BCUT2D eigenvalue weighted by molar-refractivity contribution is 5.84. The van der Waals surface area contributed by atoms with Crippen LogP contribution in [0.4, 0.5) is 4.79 Å². The van der Waals surface area contributed by atoms with E-state index in [4.69, 9.17) is 9.84 Å². The van der Waals surface area contributed by atoms with Gasteiger partial charge in [-0.1, -0.05) is 61.4 Å². The highest BCUT2D eigenvalue weighted by atomic mass is 16.5. The lowest BCUT2D eigenvalue weighted by Gasteiger charge is -2.30. The molecular formula is C25H28N2O5. The molecule has 0 bridgehead atoms. The van der Waals surface area contributed by atoms with E-state index in [-0.39, 0.29) is 24.9 Å². The fraction of sp³-hybridized carbons (Fsp3) is 0.400. The third kappa shape index (κ3) is 4.47. The summed E-state index contributed by atoms with van der Waals surface area (Å²) in [4.78, 5) is 36.1. The van der Waals surface area contributed by atoms with Crippen molar-refractivity contribution < 1.29 is 24.2 Å². The molecule has 1 saturated carbocycles. The average molecular weight is 437 g/mol. The molecule has 7 nitrogen and oxygen atoms in total. The first-order chi connectivity index (χ1) is 15.4. The molecule has 4 rings (SSSR count). The molecule has 168 valence electrons. The number of carboxylic acids is 1. The van der Waals surface area contributed by atoms with Crippen LogP contribution in [0.5, 0.6) is 0 Å². The van der Waals surface area contributed by atoms with E-state index in [1.54, 1.807) is 0 Å². The van der Waals surface area contributed by atoms with Crippen LogP contribution in [-0.2, 0) is 14.3 Å². The normalized spacial score (nSPS) is 17.2. The van der Waals surface area contributed by atoms with Crippen molar-refractivity contribution in [1.29, 1.82) is 0 Å². The van der Waals surface area contributed by atoms with Gasteiger partial charge in [0.05, 0.1) is 5.54 Å². The van der Waals surface area contributed by atoms with Gasteiger partial charge in [-0.15, -0.1) is 0 Å². The number of alkyl carbamates (subject to hydrolysis) is 1. The topological polar surface area (TPSA) is 105 Å². The second kappa shape index (κ2) is 9.02. The van der Waals surface area contributed by atoms with E-state index in [1.165, 1.54) is 6.92 Å². The van der Waals surface area contributed by atoms with E-state index in [9.17, 15) is 14.4 Å². The maximum Gasteiger partial charge on any atom is 0.407 e. The predicted molar refractivity (Wildman–Crippen MR) is 119 cm³/mol. The molecule has 32 heavy (non-hydrogen) atoms. The molecule has 2 aromatic carbocycles. The SMILES string of the molecule is CC(NC(=O)CC1(NC(=O)OCC2c3ccccc3-c3ccccc32)CCCC1)C(=O)O. The number of amides is 2. The van der Waals surface area contributed by atoms with Crippen LogP contribution >= 0.6 is 0 Å². The molecule has 0 aliphatic heterocycles. The Labute approximate surface area is 187 Å². The molecule has 2 amide bonds. The molecule has 0 aromatic heterocycles. The number of ether oxygens (including phenoxy) is 1. The van der Waals surface area contributed by atoms with Crippen molar-refractivity contribution in [2.75, 3.05) is 6.61 Å². The summed E-state index contributed by atoms with van der Waals surface area (Å²) in [6.45, 7) is 1.62. The minimum absolute atomic E-state index is 0.0348. The van der Waals surface area contributed by atoms with Gasteiger partial charge in [0.2, 0.25) is 5.91 Å². The maximum absolute atomic E-state index is 12.7. The molecule has 0 spiro atoms. The van der Waals surface area contributed by atoms with Crippen LogP contribution in [-0.4, -0.2) is 41.3 Å². The average Bonchev–Trinajstić information content (AvgIpc) is 3.34. The summed E-state index contributed by atoms with van der Waals surface area (Å²) in [6, 6.07) is 15.3. The molecule has 2 aliphatic carbocycles. The second-order valence-corrected chi connectivity index (χ2v) is 8.74. The molecule has 0 radical (unpaired) electrons. The highest BCUT2D eigenvalue weighted by Crippen LogP contribution is 2.44. The lowest BCUT2D eigenvalue weighted by atomic mass is 9.92. The molecular weight excluding hydrogens is 408 g/mol. The predicted octanol–water partition coefficient (Wildman–Crippen LogP) is 3.82. The minimum atomic E-state index is -1.09. The van der Waals surface area contributed by atoms with Crippen LogP contribution in [0, 0.1) is 0 Å². The summed E-state index contributed by atoms with van der Waals surface area (Å²) in [5.41, 5.74) is 3.89. The van der Waals surface area contributed by atoms with Gasteiger partial charge in [-0.25, -0.2) is 4.79 Å². The summed E-state index contributed by atoms with van der Waals surface area (Å²) < 4.78 is 5.65. The Morgan fingerprint density at radius 3 is 2.16 bits per heavy atom. The summed E-state index contributed by atoms with van der Waals surface area (Å²) >= 11 is 0. The summed E-state index contributed by atoms with van der Waals surface area (Å²) in [7, 11) is 0. The zero-order valence-corrected chi connectivity index (χ0v) is 18.1. The van der Waals surface area contributed by atoms with Gasteiger partial charge in [-0.3, -0.25) is 9.59 Å². The lowest BCUT2D eigenvalue weighted by Crippen LogP contribution is -2.51. The molecule has 1 atom stereocenters. The Morgan fingerprint density at radius 2 is 1.59 bits per heavy atom. The standard InChI is InChI=1S/C25H28N2O5/c1-16(23(29)30)26-22(28)14-25(12-6-7-13-25)27-24(31)32-15-21-19-10-4-2-8-17(19)18-9-3-5-11-20(18)21/h2-5,8-11,16,21H,6-7,12-15H2,1H3,(H,26,28)(H,27,31)(H,29,30). The van der Waals surface area contributed by atoms with Crippen molar-refractivity contribution in [3.8, 4) is 11.1 Å². The number of rotatable bonds is 7. The summed E-state index contributed by atoms with van der Waals surface area (Å²) in [6.07, 6.45) is 2.59. The van der Waals surface area contributed by atoms with Crippen molar-refractivity contribution in [3.05, 3.63) is 59.7 Å². The number of aliphatic carboxylic acids is 1. The quantitative estimate of drug-likeness (QED) is 0.612. The molecule has 2 aromatic rings. The minimum Gasteiger partial charge on any atom is -0.480 e. The van der Waals surface area contributed by atoms with Crippen molar-refractivity contribution in [3.63, 3.8) is 0 Å². The fourth-order valence-electron chi connectivity index (χ4n) is 4.91. The maximum atomic E-state index is 12.7. The summed E-state index contributed by atoms with van der Waals surface area (Å²) in [5.74, 6) is -1.52. The van der Waals surface area contributed by atoms with E-state index in [2.05, 4.69) is 34.9 Å². The second-order valence-electron chi connectivity index (χ2n) is 8.74. The van der Waals surface area contributed by atoms with Crippen LogP contribution in [0.15, 0.2) is 48.5 Å². The smallest absolute Gasteiger partial charge is 0.407 e. The number of benzene rings is 2. The van der Waals surface area contributed by atoms with Gasteiger partial charge >= 0.3 is 12.1 Å². The molecule has 1 fully saturated rings. The third-order valence-corrected chi connectivity index (χ3v) is 6.52. The number of hydrogen-bond acceptors (Lipinski definition) is 4. The highest BCUT2D eigenvalue weighted by Gasteiger charge is 2.39. The lowest BCUT2D eigenvalue weighted by molar-refractivity contribution is -0.141. The third-order valence-electron chi connectivity index (χ3n) is 6.52. The molecule has 1 unspecified atom stereocenters. The van der Waals surface area contributed by atoms with Gasteiger partial charge in [-0.05, 0) is 42.0 Å². The molecule has 0 saturated heterocycles. The monoisotopic (exact) mass is 436 g/mol. The largest absolute Gasteiger partial charge is 0.480 e. The van der Waals surface area contributed by atoms with Gasteiger partial charge < -0.3 is 20.5 Å². The van der Waals surface area contributed by atoms with E-state index in [0.717, 1.165) is 35.1 Å². The van der Waals surface area contributed by atoms with Gasteiger partial charge in [0.25, 0.3) is 0 Å². The van der Waals surface area contributed by atoms with Crippen molar-refractivity contribution >= 4 is 18.0 Å². The zero-order valence-electron chi connectivity index (χ0n) is 18.1. The van der Waals surface area contributed by atoms with Crippen LogP contribution in [0.2, 0.25) is 0 Å². The van der Waals surface area contributed by atoms with E-state index < -0.39 is 23.6 Å². The molecule has 0 heterocycles. The van der Waals surface area contributed by atoms with Crippen LogP contribution < -0.4 is 10.6 Å². The van der Waals surface area contributed by atoms with Gasteiger partial charge in [-0.2, -0.15) is 0 Å². The van der Waals surface area contributed by atoms with E-state index >= 15 is 0 Å². The van der Waals surface area contributed by atoms with Crippen molar-refractivity contribution in [2.24, 2.45) is 0 Å². The zero-order chi connectivity index (χ0) is 22.7. The Morgan fingerprint density at radius 1 is 1.03 bits per heavy atom. The molecule has 2 aliphatic rings. The van der Waals surface area contributed by atoms with Crippen molar-refractivity contribution in [2.45, 2.75) is 56.5 Å². The number of carbonyl (C=O) groups excluding carboxylic acids is 2. The van der Waals surface area contributed by atoms with Crippen LogP contribution in [0.25, 0.3) is 11.1 Å². The Bertz CT molecular complexity index is 983. The number of carbonyl (C=O) groups is 3. The number of carboxylic acid groups (broad SMARTS) is 1. The number of nitrogens with one attached hydrogen (secondary N) is 2. The first-order valence-corrected chi connectivity index (χ1v) is 11.0. The number of hydrogen-bond donors (Lipinski definition) is 3.